The summed E-state index contributed by atoms with van der Waals surface area (Å²) < 4.78 is 2.22. The lowest BCUT2D eigenvalue weighted by Crippen LogP contribution is -1.90. The summed E-state index contributed by atoms with van der Waals surface area (Å²) in [5.74, 6) is -0.923. The molecule has 0 unspecified atom stereocenters. The molecule has 0 saturated carbocycles. The molecule has 120 valence electrons. The summed E-state index contributed by atoms with van der Waals surface area (Å²) >= 11 is 0. The lowest BCUT2D eigenvalue weighted by Gasteiger charge is -2.03. The summed E-state index contributed by atoms with van der Waals surface area (Å²) in [6.07, 6.45) is 6.89. The monoisotopic (exact) mass is 309 g/mol. The highest BCUT2D eigenvalue weighted by Crippen LogP contribution is 2.27. The number of allylic oxidation sites excluding steroid dienone is 5. The van der Waals surface area contributed by atoms with Gasteiger partial charge in [-0.2, -0.15) is 0 Å². The minimum absolute atomic E-state index is 0.714. The number of carboxylic acids is 1. The van der Waals surface area contributed by atoms with Crippen LogP contribution in [0.4, 0.5) is 0 Å². The van der Waals surface area contributed by atoms with Crippen LogP contribution in [0.3, 0.4) is 0 Å². The molecule has 2 rings (SSSR count). The number of rotatable bonds is 4. The third kappa shape index (κ3) is 3.62. The predicted molar refractivity (Wildman–Crippen MR) is 96.6 cm³/mol. The average Bonchev–Trinajstić information content (AvgIpc) is 2.71. The van der Waals surface area contributed by atoms with E-state index in [4.69, 9.17) is 5.11 Å². The number of hydrogen-bond donors (Lipinski definition) is 1. The van der Waals surface area contributed by atoms with Crippen LogP contribution >= 0.6 is 0 Å². The number of aryl methyl sites for hydroxylation is 2. The molecular weight excluding hydrogens is 286 g/mol. The molecule has 23 heavy (non-hydrogen) atoms. The molecule has 1 N–H and O–H groups in total. The highest BCUT2D eigenvalue weighted by atomic mass is 16.4. The van der Waals surface area contributed by atoms with Crippen molar-refractivity contribution in [3.05, 3.63) is 64.9 Å². The highest BCUT2D eigenvalue weighted by Gasteiger charge is 2.08. The van der Waals surface area contributed by atoms with Gasteiger partial charge in [0.25, 0.3) is 0 Å². The van der Waals surface area contributed by atoms with Gasteiger partial charge >= 0.3 is 5.97 Å². The zero-order valence-electron chi connectivity index (χ0n) is 14.3. The number of nitrogens with zero attached hydrogens (tertiary/aromatic N) is 1. The number of aliphatic carboxylic acids is 1. The molecule has 0 aliphatic heterocycles. The molecule has 3 heteroatoms. The molecule has 0 spiro atoms. The van der Waals surface area contributed by atoms with E-state index >= 15 is 0 Å². The number of carbonyl (C=O) groups is 1. The van der Waals surface area contributed by atoms with E-state index in [9.17, 15) is 4.79 Å². The minimum atomic E-state index is -0.923. The Kier molecular flexibility index (Phi) is 4.89. The SMILES string of the molecule is CC(C=CC=C(C)c1ccc2c(c1)c(C)c(C)n2C)=CC(=O)O. The number of hydrogen-bond acceptors (Lipinski definition) is 1. The van der Waals surface area contributed by atoms with Gasteiger partial charge in [-0.1, -0.05) is 24.3 Å². The van der Waals surface area contributed by atoms with E-state index in [0.29, 0.717) is 5.57 Å². The van der Waals surface area contributed by atoms with Gasteiger partial charge in [-0.3, -0.25) is 0 Å². The van der Waals surface area contributed by atoms with Crippen molar-refractivity contribution >= 4 is 22.4 Å². The Morgan fingerprint density at radius 3 is 2.57 bits per heavy atom. The maximum Gasteiger partial charge on any atom is 0.328 e. The van der Waals surface area contributed by atoms with Crippen LogP contribution in [0.5, 0.6) is 0 Å². The van der Waals surface area contributed by atoms with E-state index in [2.05, 4.69) is 50.6 Å². The van der Waals surface area contributed by atoms with Crippen LogP contribution in [-0.4, -0.2) is 15.6 Å². The first kappa shape index (κ1) is 16.8. The fraction of sp³-hybridized carbons (Fsp3) is 0.250. The van der Waals surface area contributed by atoms with Crippen LogP contribution < -0.4 is 0 Å². The Morgan fingerprint density at radius 2 is 1.91 bits per heavy atom. The molecule has 0 radical (unpaired) electrons. The molecule has 2 aromatic rings. The second-order valence-electron chi connectivity index (χ2n) is 5.94. The molecule has 0 saturated heterocycles. The van der Waals surface area contributed by atoms with Gasteiger partial charge in [-0.05, 0) is 62.1 Å². The highest BCUT2D eigenvalue weighted by molar-refractivity contribution is 5.88. The zero-order valence-corrected chi connectivity index (χ0v) is 14.3. The van der Waals surface area contributed by atoms with Gasteiger partial charge < -0.3 is 9.67 Å². The van der Waals surface area contributed by atoms with E-state index in [0.717, 1.165) is 5.57 Å². The van der Waals surface area contributed by atoms with Crippen LogP contribution in [0, 0.1) is 13.8 Å². The second kappa shape index (κ2) is 6.69. The summed E-state index contributed by atoms with van der Waals surface area (Å²) in [5, 5.41) is 9.97. The molecule has 1 aromatic heterocycles. The second-order valence-corrected chi connectivity index (χ2v) is 5.94. The predicted octanol–water partition coefficient (Wildman–Crippen LogP) is 4.79. The number of carboxylic acid groups (broad SMARTS) is 1. The Morgan fingerprint density at radius 1 is 1.22 bits per heavy atom. The number of aromatic nitrogens is 1. The van der Waals surface area contributed by atoms with Gasteiger partial charge in [0.1, 0.15) is 0 Å². The molecular formula is C20H23NO2. The molecule has 1 heterocycles. The third-order valence-electron chi connectivity index (χ3n) is 4.32. The number of fused-ring (bicyclic) bond motifs is 1. The summed E-state index contributed by atoms with van der Waals surface area (Å²) in [4.78, 5) is 10.6. The van der Waals surface area contributed by atoms with Crippen molar-refractivity contribution in [3.63, 3.8) is 0 Å². The van der Waals surface area contributed by atoms with E-state index in [-0.39, 0.29) is 0 Å². The minimum Gasteiger partial charge on any atom is -0.478 e. The Labute approximate surface area is 137 Å². The van der Waals surface area contributed by atoms with Gasteiger partial charge in [0, 0.05) is 29.7 Å². The van der Waals surface area contributed by atoms with E-state index in [1.807, 2.05) is 12.2 Å². The van der Waals surface area contributed by atoms with Gasteiger partial charge in [0.05, 0.1) is 0 Å². The normalized spacial score (nSPS) is 13.3. The van der Waals surface area contributed by atoms with Crippen molar-refractivity contribution in [3.8, 4) is 0 Å². The fourth-order valence-corrected chi connectivity index (χ4v) is 2.68. The van der Waals surface area contributed by atoms with Crippen molar-refractivity contribution in [1.29, 1.82) is 0 Å². The Bertz CT molecular complexity index is 848. The molecule has 1 aromatic carbocycles. The van der Waals surface area contributed by atoms with Gasteiger partial charge in [0.2, 0.25) is 0 Å². The van der Waals surface area contributed by atoms with Crippen LogP contribution in [0.2, 0.25) is 0 Å². The molecule has 3 nitrogen and oxygen atoms in total. The molecule has 0 bridgehead atoms. The Balaban J connectivity index is 2.33. The molecule has 0 fully saturated rings. The first-order valence-electron chi connectivity index (χ1n) is 7.63. The zero-order chi connectivity index (χ0) is 17.1. The van der Waals surface area contributed by atoms with Crippen molar-refractivity contribution < 1.29 is 9.90 Å². The van der Waals surface area contributed by atoms with E-state index in [1.165, 1.54) is 33.8 Å². The fourth-order valence-electron chi connectivity index (χ4n) is 2.68. The number of benzene rings is 1. The molecule has 0 aliphatic carbocycles. The topological polar surface area (TPSA) is 42.2 Å². The van der Waals surface area contributed by atoms with Gasteiger partial charge in [0.15, 0.2) is 0 Å². The largest absolute Gasteiger partial charge is 0.478 e. The molecule has 0 atom stereocenters. The maximum atomic E-state index is 10.6. The lowest BCUT2D eigenvalue weighted by atomic mass is 10.0. The maximum absolute atomic E-state index is 10.6. The van der Waals surface area contributed by atoms with Crippen LogP contribution in [-0.2, 0) is 11.8 Å². The van der Waals surface area contributed by atoms with Crippen LogP contribution in [0.15, 0.2) is 48.1 Å². The van der Waals surface area contributed by atoms with Crippen LogP contribution in [0.1, 0.15) is 30.7 Å². The van der Waals surface area contributed by atoms with Crippen molar-refractivity contribution in [1.82, 2.24) is 4.57 Å². The lowest BCUT2D eigenvalue weighted by molar-refractivity contribution is -0.131. The third-order valence-corrected chi connectivity index (χ3v) is 4.32. The first-order valence-corrected chi connectivity index (χ1v) is 7.63. The molecule has 0 amide bonds. The standard InChI is InChI=1S/C20H23NO2/c1-13(11-20(22)23)7-6-8-14(2)17-9-10-19-18(12-17)15(3)16(4)21(19)5/h6-12H,1-5H3,(H,22,23). The quantitative estimate of drug-likeness (QED) is 0.652. The van der Waals surface area contributed by atoms with Gasteiger partial charge in [-0.25, -0.2) is 4.79 Å². The van der Waals surface area contributed by atoms with Crippen LogP contribution in [0.25, 0.3) is 16.5 Å². The summed E-state index contributed by atoms with van der Waals surface area (Å²) in [5.41, 5.74) is 6.88. The summed E-state index contributed by atoms with van der Waals surface area (Å²) in [6, 6.07) is 6.50. The van der Waals surface area contributed by atoms with Crippen molar-refractivity contribution in [2.45, 2.75) is 27.7 Å². The van der Waals surface area contributed by atoms with Gasteiger partial charge in [-0.15, -0.1) is 0 Å². The van der Waals surface area contributed by atoms with E-state index in [1.54, 1.807) is 13.0 Å². The Hall–Kier alpha value is -2.55. The van der Waals surface area contributed by atoms with E-state index < -0.39 is 5.97 Å². The first-order chi connectivity index (χ1) is 10.8. The molecule has 0 aliphatic rings. The average molecular weight is 309 g/mol. The van der Waals surface area contributed by atoms with Crippen molar-refractivity contribution in [2.75, 3.05) is 0 Å². The summed E-state index contributed by atoms with van der Waals surface area (Å²) in [6.45, 7) is 8.13. The summed E-state index contributed by atoms with van der Waals surface area (Å²) in [7, 11) is 2.09. The van der Waals surface area contributed by atoms with Crippen molar-refractivity contribution in [2.24, 2.45) is 7.05 Å². The smallest absolute Gasteiger partial charge is 0.328 e.